The molecular formula is C15H19F2NO2. The molecule has 1 atom stereocenters. The molecular weight excluding hydrogens is 264 g/mol. The van der Waals surface area contributed by atoms with Gasteiger partial charge in [-0.05, 0) is 25.5 Å². The molecule has 5 heteroatoms. The Labute approximate surface area is 117 Å². The van der Waals surface area contributed by atoms with Gasteiger partial charge >= 0.3 is 0 Å². The van der Waals surface area contributed by atoms with Gasteiger partial charge in [0.1, 0.15) is 11.6 Å². The van der Waals surface area contributed by atoms with E-state index in [0.29, 0.717) is 6.54 Å². The summed E-state index contributed by atoms with van der Waals surface area (Å²) in [6.45, 7) is 4.99. The Morgan fingerprint density at radius 2 is 2.05 bits per heavy atom. The van der Waals surface area contributed by atoms with Crippen LogP contribution in [0, 0.1) is 11.6 Å². The summed E-state index contributed by atoms with van der Waals surface area (Å²) in [6.07, 6.45) is 1.35. The fourth-order valence-electron chi connectivity index (χ4n) is 2.40. The van der Waals surface area contributed by atoms with E-state index < -0.39 is 11.6 Å². The van der Waals surface area contributed by atoms with Gasteiger partial charge in [-0.15, -0.1) is 0 Å². The molecule has 1 aliphatic heterocycles. The topological polar surface area (TPSA) is 29.5 Å². The van der Waals surface area contributed by atoms with Crippen LogP contribution in [0.1, 0.15) is 30.1 Å². The predicted octanol–water partition coefficient (Wildman–Crippen LogP) is 2.65. The van der Waals surface area contributed by atoms with E-state index >= 15 is 0 Å². The van der Waals surface area contributed by atoms with Gasteiger partial charge in [-0.3, -0.25) is 4.79 Å². The molecule has 1 aromatic rings. The van der Waals surface area contributed by atoms with Gasteiger partial charge in [-0.2, -0.15) is 0 Å². The number of rotatable bonds is 4. The fourth-order valence-corrected chi connectivity index (χ4v) is 2.40. The lowest BCUT2D eigenvalue weighted by Gasteiger charge is -2.21. The van der Waals surface area contributed by atoms with Crippen LogP contribution in [0.2, 0.25) is 0 Å². The Bertz CT molecular complexity index is 459. The molecule has 1 aromatic carbocycles. The van der Waals surface area contributed by atoms with E-state index in [2.05, 4.69) is 4.90 Å². The van der Waals surface area contributed by atoms with E-state index in [0.717, 1.165) is 44.3 Å². The summed E-state index contributed by atoms with van der Waals surface area (Å²) < 4.78 is 31.7. The number of hydrogen-bond donors (Lipinski definition) is 0. The summed E-state index contributed by atoms with van der Waals surface area (Å²) in [5, 5.41) is 0. The first-order valence-electron chi connectivity index (χ1n) is 6.88. The van der Waals surface area contributed by atoms with E-state index in [4.69, 9.17) is 4.74 Å². The highest BCUT2D eigenvalue weighted by Gasteiger charge is 2.16. The zero-order valence-corrected chi connectivity index (χ0v) is 11.6. The van der Waals surface area contributed by atoms with Gasteiger partial charge in [0.25, 0.3) is 0 Å². The molecule has 1 heterocycles. The lowest BCUT2D eigenvalue weighted by molar-refractivity contribution is 0.0668. The number of nitrogens with zero attached hydrogens (tertiary/aromatic N) is 1. The summed E-state index contributed by atoms with van der Waals surface area (Å²) in [7, 11) is 0. The molecule has 0 saturated carbocycles. The number of halogens is 2. The third-order valence-electron chi connectivity index (χ3n) is 3.38. The van der Waals surface area contributed by atoms with E-state index in [1.54, 1.807) is 0 Å². The summed E-state index contributed by atoms with van der Waals surface area (Å²) in [6, 6.07) is 2.93. The molecule has 110 valence electrons. The van der Waals surface area contributed by atoms with Crippen molar-refractivity contribution < 1.29 is 18.3 Å². The molecule has 3 nitrogen and oxygen atoms in total. The van der Waals surface area contributed by atoms with Crippen molar-refractivity contribution in [1.29, 1.82) is 0 Å². The van der Waals surface area contributed by atoms with Crippen molar-refractivity contribution in [2.75, 3.05) is 26.2 Å². The van der Waals surface area contributed by atoms with Gasteiger partial charge in [0, 0.05) is 44.3 Å². The standard InChI is InChI=1S/C15H19F2NO2/c1-11-10-18(4-2-6-20-11)5-3-15(19)12-7-13(16)9-14(17)8-12/h7-9,11H,2-6,10H2,1H3. The molecule has 0 radical (unpaired) electrons. The fraction of sp³-hybridized carbons (Fsp3) is 0.533. The van der Waals surface area contributed by atoms with E-state index in [-0.39, 0.29) is 23.9 Å². The average Bonchev–Trinajstić information content (AvgIpc) is 2.59. The number of hydrogen-bond acceptors (Lipinski definition) is 3. The number of ether oxygens (including phenoxy) is 1. The molecule has 0 amide bonds. The van der Waals surface area contributed by atoms with Crippen LogP contribution >= 0.6 is 0 Å². The molecule has 2 rings (SSSR count). The highest BCUT2D eigenvalue weighted by molar-refractivity contribution is 5.96. The van der Waals surface area contributed by atoms with Gasteiger partial charge in [0.05, 0.1) is 6.10 Å². The molecule has 1 fully saturated rings. The maximum Gasteiger partial charge on any atom is 0.164 e. The van der Waals surface area contributed by atoms with Gasteiger partial charge in [0.2, 0.25) is 0 Å². The Balaban J connectivity index is 1.91. The van der Waals surface area contributed by atoms with Gasteiger partial charge in [-0.25, -0.2) is 8.78 Å². The Kier molecular flexibility index (Phi) is 5.20. The molecule has 0 spiro atoms. The summed E-state index contributed by atoms with van der Waals surface area (Å²) in [4.78, 5) is 14.1. The smallest absolute Gasteiger partial charge is 0.164 e. The van der Waals surface area contributed by atoms with Crippen LogP contribution in [0.15, 0.2) is 18.2 Å². The van der Waals surface area contributed by atoms with Crippen molar-refractivity contribution in [3.63, 3.8) is 0 Å². The van der Waals surface area contributed by atoms with Gasteiger partial charge < -0.3 is 9.64 Å². The monoisotopic (exact) mass is 283 g/mol. The normalized spacial score (nSPS) is 20.6. The van der Waals surface area contributed by atoms with Crippen molar-refractivity contribution in [2.24, 2.45) is 0 Å². The van der Waals surface area contributed by atoms with Crippen LogP contribution < -0.4 is 0 Å². The second kappa shape index (κ2) is 6.90. The van der Waals surface area contributed by atoms with Crippen LogP contribution in [0.3, 0.4) is 0 Å². The van der Waals surface area contributed by atoms with Crippen molar-refractivity contribution in [1.82, 2.24) is 4.90 Å². The Morgan fingerprint density at radius 1 is 1.35 bits per heavy atom. The summed E-state index contributed by atoms with van der Waals surface area (Å²) >= 11 is 0. The minimum absolute atomic E-state index is 0.0987. The van der Waals surface area contributed by atoms with Crippen LogP contribution in [0.25, 0.3) is 0 Å². The van der Waals surface area contributed by atoms with Gasteiger partial charge in [0.15, 0.2) is 5.78 Å². The van der Waals surface area contributed by atoms with Crippen molar-refractivity contribution in [3.05, 3.63) is 35.4 Å². The highest BCUT2D eigenvalue weighted by Crippen LogP contribution is 2.12. The lowest BCUT2D eigenvalue weighted by Crippen LogP contribution is -2.32. The lowest BCUT2D eigenvalue weighted by atomic mass is 10.1. The van der Waals surface area contributed by atoms with E-state index in [1.165, 1.54) is 0 Å². The predicted molar refractivity (Wildman–Crippen MR) is 71.8 cm³/mol. The number of carbonyl (C=O) groups excluding carboxylic acids is 1. The summed E-state index contributed by atoms with van der Waals surface area (Å²) in [5.41, 5.74) is 0.0987. The van der Waals surface area contributed by atoms with Gasteiger partial charge in [-0.1, -0.05) is 0 Å². The van der Waals surface area contributed by atoms with Crippen molar-refractivity contribution in [2.45, 2.75) is 25.9 Å². The van der Waals surface area contributed by atoms with Crippen LogP contribution in [-0.4, -0.2) is 43.0 Å². The van der Waals surface area contributed by atoms with E-state index in [9.17, 15) is 13.6 Å². The number of carbonyl (C=O) groups is 1. The minimum Gasteiger partial charge on any atom is -0.377 e. The molecule has 0 aliphatic carbocycles. The minimum atomic E-state index is -0.717. The number of benzene rings is 1. The SMILES string of the molecule is CC1CN(CCC(=O)c2cc(F)cc(F)c2)CCCO1. The summed E-state index contributed by atoms with van der Waals surface area (Å²) in [5.74, 6) is -1.67. The maximum absolute atomic E-state index is 13.1. The van der Waals surface area contributed by atoms with Crippen molar-refractivity contribution >= 4 is 5.78 Å². The zero-order valence-electron chi connectivity index (χ0n) is 11.6. The Morgan fingerprint density at radius 3 is 2.75 bits per heavy atom. The van der Waals surface area contributed by atoms with Crippen molar-refractivity contribution in [3.8, 4) is 0 Å². The molecule has 0 N–H and O–H groups in total. The third kappa shape index (κ3) is 4.35. The second-order valence-corrected chi connectivity index (χ2v) is 5.17. The average molecular weight is 283 g/mol. The van der Waals surface area contributed by atoms with E-state index in [1.807, 2.05) is 6.92 Å². The largest absolute Gasteiger partial charge is 0.377 e. The molecule has 0 bridgehead atoms. The van der Waals surface area contributed by atoms with Crippen LogP contribution in [0.4, 0.5) is 8.78 Å². The third-order valence-corrected chi connectivity index (χ3v) is 3.38. The second-order valence-electron chi connectivity index (χ2n) is 5.17. The van der Waals surface area contributed by atoms with Crippen LogP contribution in [-0.2, 0) is 4.74 Å². The van der Waals surface area contributed by atoms with Crippen LogP contribution in [0.5, 0.6) is 0 Å². The quantitative estimate of drug-likeness (QED) is 0.796. The number of ketones is 1. The first-order chi connectivity index (χ1) is 9.54. The first kappa shape index (κ1) is 15.1. The Hall–Kier alpha value is -1.33. The molecule has 0 aromatic heterocycles. The molecule has 1 unspecified atom stereocenters. The zero-order chi connectivity index (χ0) is 14.5. The first-order valence-corrected chi connectivity index (χ1v) is 6.88. The molecule has 20 heavy (non-hydrogen) atoms. The highest BCUT2D eigenvalue weighted by atomic mass is 19.1. The molecule has 1 aliphatic rings. The maximum atomic E-state index is 13.1. The number of Topliss-reactive ketones (excluding diaryl/α,β-unsaturated/α-hetero) is 1. The molecule has 1 saturated heterocycles.